The van der Waals surface area contributed by atoms with Gasteiger partial charge in [-0.15, -0.1) is 0 Å². The van der Waals surface area contributed by atoms with Gasteiger partial charge >= 0.3 is 0 Å². The highest BCUT2D eigenvalue weighted by Gasteiger charge is 2.26. The van der Waals surface area contributed by atoms with E-state index in [4.69, 9.17) is 0 Å². The molecule has 4 heterocycles. The molecule has 0 aliphatic carbocycles. The topological polar surface area (TPSA) is 49.7 Å². The number of hydrogen-bond acceptors (Lipinski definition) is 3. The molecule has 22 heavy (non-hydrogen) atoms. The third-order valence-electron chi connectivity index (χ3n) is 4.65. The second kappa shape index (κ2) is 5.25. The zero-order valence-corrected chi connectivity index (χ0v) is 13.1. The van der Waals surface area contributed by atoms with Crippen LogP contribution in [-0.2, 0) is 13.6 Å². The molecule has 1 unspecified atom stereocenters. The third kappa shape index (κ3) is 2.22. The summed E-state index contributed by atoms with van der Waals surface area (Å²) in [5.41, 5.74) is 4.60. The van der Waals surface area contributed by atoms with Crippen molar-refractivity contribution in [3.05, 3.63) is 47.5 Å². The molecule has 1 atom stereocenters. The lowest BCUT2D eigenvalue weighted by Crippen LogP contribution is -2.23. The molecule has 0 amide bonds. The summed E-state index contributed by atoms with van der Waals surface area (Å²) in [7, 11) is 1.95. The first-order chi connectivity index (χ1) is 10.7. The van der Waals surface area contributed by atoms with Crippen molar-refractivity contribution in [3.8, 4) is 0 Å². The van der Waals surface area contributed by atoms with Crippen LogP contribution in [0.25, 0.3) is 11.0 Å². The van der Waals surface area contributed by atoms with E-state index in [0.29, 0.717) is 6.04 Å². The van der Waals surface area contributed by atoms with Crippen molar-refractivity contribution in [2.24, 2.45) is 7.05 Å². The van der Waals surface area contributed by atoms with E-state index in [1.54, 1.807) is 0 Å². The molecule has 4 rings (SSSR count). The van der Waals surface area contributed by atoms with Crippen molar-refractivity contribution in [2.45, 2.75) is 32.4 Å². The molecule has 5 heteroatoms. The number of nitrogens with one attached hydrogen (secondary N) is 1. The van der Waals surface area contributed by atoms with Crippen molar-refractivity contribution >= 4 is 11.0 Å². The van der Waals surface area contributed by atoms with Crippen LogP contribution in [0.15, 0.2) is 30.6 Å². The quantitative estimate of drug-likeness (QED) is 0.808. The number of aromatic amines is 1. The first kappa shape index (κ1) is 13.5. The summed E-state index contributed by atoms with van der Waals surface area (Å²) in [6.07, 6.45) is 6.49. The number of aryl methyl sites for hydroxylation is 2. The van der Waals surface area contributed by atoms with E-state index in [1.165, 1.54) is 24.1 Å². The zero-order chi connectivity index (χ0) is 15.1. The van der Waals surface area contributed by atoms with Crippen molar-refractivity contribution in [2.75, 3.05) is 6.54 Å². The average Bonchev–Trinajstić information content (AvgIpc) is 3.21. The number of pyridine rings is 1. The van der Waals surface area contributed by atoms with Crippen LogP contribution < -0.4 is 0 Å². The summed E-state index contributed by atoms with van der Waals surface area (Å²) < 4.78 is 1.85. The minimum atomic E-state index is 0.501. The second-order valence-corrected chi connectivity index (χ2v) is 6.18. The number of fused-ring (bicyclic) bond motifs is 1. The van der Waals surface area contributed by atoms with Gasteiger partial charge in [-0.05, 0) is 50.1 Å². The molecule has 0 spiro atoms. The SMILES string of the molecule is Cc1nn(C)c2ncc(CN3CCCC3c3ccc[nH]3)cc12. The van der Waals surface area contributed by atoms with E-state index in [-0.39, 0.29) is 0 Å². The Hall–Kier alpha value is -2.14. The number of likely N-dealkylation sites (tertiary alicyclic amines) is 1. The zero-order valence-electron chi connectivity index (χ0n) is 13.1. The largest absolute Gasteiger partial charge is 0.364 e. The van der Waals surface area contributed by atoms with Crippen LogP contribution in [0.5, 0.6) is 0 Å². The highest BCUT2D eigenvalue weighted by atomic mass is 15.3. The molecule has 3 aromatic heterocycles. The van der Waals surface area contributed by atoms with Gasteiger partial charge < -0.3 is 4.98 Å². The Kier molecular flexibility index (Phi) is 3.22. The van der Waals surface area contributed by atoms with Gasteiger partial charge in [0.2, 0.25) is 0 Å². The summed E-state index contributed by atoms with van der Waals surface area (Å²) >= 11 is 0. The fourth-order valence-electron chi connectivity index (χ4n) is 3.59. The van der Waals surface area contributed by atoms with Crippen LogP contribution >= 0.6 is 0 Å². The number of H-pyrrole nitrogens is 1. The van der Waals surface area contributed by atoms with Gasteiger partial charge in [-0.2, -0.15) is 5.10 Å². The highest BCUT2D eigenvalue weighted by Crippen LogP contribution is 2.32. The Morgan fingerprint density at radius 1 is 1.41 bits per heavy atom. The Labute approximate surface area is 130 Å². The Balaban J connectivity index is 1.61. The van der Waals surface area contributed by atoms with Crippen LogP contribution in [0.3, 0.4) is 0 Å². The number of aromatic nitrogens is 4. The molecule has 0 saturated carbocycles. The molecule has 0 aromatic carbocycles. The minimum Gasteiger partial charge on any atom is -0.364 e. The average molecular weight is 295 g/mol. The maximum Gasteiger partial charge on any atom is 0.157 e. The van der Waals surface area contributed by atoms with Crippen LogP contribution in [0, 0.1) is 6.92 Å². The summed E-state index contributed by atoms with van der Waals surface area (Å²) in [5.74, 6) is 0. The molecular formula is C17H21N5. The predicted octanol–water partition coefficient (Wildman–Crippen LogP) is 2.94. The second-order valence-electron chi connectivity index (χ2n) is 6.18. The monoisotopic (exact) mass is 295 g/mol. The summed E-state index contributed by atoms with van der Waals surface area (Å²) in [5, 5.41) is 5.62. The van der Waals surface area contributed by atoms with Gasteiger partial charge in [-0.25, -0.2) is 4.98 Å². The predicted molar refractivity (Wildman–Crippen MR) is 86.4 cm³/mol. The molecule has 114 valence electrons. The van der Waals surface area contributed by atoms with Crippen LogP contribution in [0.4, 0.5) is 0 Å². The highest BCUT2D eigenvalue weighted by molar-refractivity contribution is 5.78. The van der Waals surface area contributed by atoms with Gasteiger partial charge in [-0.1, -0.05) is 0 Å². The van der Waals surface area contributed by atoms with Crippen molar-refractivity contribution < 1.29 is 0 Å². The van der Waals surface area contributed by atoms with Gasteiger partial charge in [-0.3, -0.25) is 9.58 Å². The molecule has 1 aliphatic rings. The van der Waals surface area contributed by atoms with Gasteiger partial charge in [0.1, 0.15) is 0 Å². The van der Waals surface area contributed by atoms with E-state index >= 15 is 0 Å². The lowest BCUT2D eigenvalue weighted by atomic mass is 10.1. The summed E-state index contributed by atoms with van der Waals surface area (Å²) in [6.45, 7) is 4.14. The molecule has 3 aromatic rings. The number of rotatable bonds is 3. The Morgan fingerprint density at radius 3 is 3.14 bits per heavy atom. The Morgan fingerprint density at radius 2 is 2.32 bits per heavy atom. The third-order valence-corrected chi connectivity index (χ3v) is 4.65. The van der Waals surface area contributed by atoms with Crippen LogP contribution in [0.2, 0.25) is 0 Å². The van der Waals surface area contributed by atoms with E-state index in [0.717, 1.165) is 29.8 Å². The molecule has 1 N–H and O–H groups in total. The summed E-state index contributed by atoms with van der Waals surface area (Å²) in [4.78, 5) is 10.5. The Bertz CT molecular complexity index is 787. The van der Waals surface area contributed by atoms with E-state index in [1.807, 2.05) is 31.0 Å². The molecular weight excluding hydrogens is 274 g/mol. The molecule has 1 saturated heterocycles. The smallest absolute Gasteiger partial charge is 0.157 e. The summed E-state index contributed by atoms with van der Waals surface area (Å²) in [6, 6.07) is 7.02. The lowest BCUT2D eigenvalue weighted by molar-refractivity contribution is 0.245. The number of nitrogens with zero attached hydrogens (tertiary/aromatic N) is 4. The molecule has 1 aliphatic heterocycles. The van der Waals surface area contributed by atoms with Crippen LogP contribution in [0.1, 0.15) is 35.8 Å². The fourth-order valence-corrected chi connectivity index (χ4v) is 3.59. The first-order valence-corrected chi connectivity index (χ1v) is 7.88. The van der Waals surface area contributed by atoms with Gasteiger partial charge in [0.15, 0.2) is 5.65 Å². The van der Waals surface area contributed by atoms with E-state index < -0.39 is 0 Å². The molecule has 0 radical (unpaired) electrons. The normalized spacial score (nSPS) is 19.3. The van der Waals surface area contributed by atoms with E-state index in [2.05, 4.69) is 38.2 Å². The molecule has 1 fully saturated rings. The molecule has 5 nitrogen and oxygen atoms in total. The number of hydrogen-bond donors (Lipinski definition) is 1. The minimum absolute atomic E-state index is 0.501. The maximum absolute atomic E-state index is 4.60. The lowest BCUT2D eigenvalue weighted by Gasteiger charge is -2.23. The van der Waals surface area contributed by atoms with Crippen LogP contribution in [-0.4, -0.2) is 31.2 Å². The van der Waals surface area contributed by atoms with Crippen molar-refractivity contribution in [1.82, 2.24) is 24.6 Å². The van der Waals surface area contributed by atoms with Gasteiger partial charge in [0.05, 0.1) is 11.7 Å². The fraction of sp³-hybridized carbons (Fsp3) is 0.412. The molecule has 0 bridgehead atoms. The van der Waals surface area contributed by atoms with Gasteiger partial charge in [0, 0.05) is 37.1 Å². The standard InChI is InChI=1S/C17H21N5/c1-12-14-9-13(10-19-17(14)21(2)20-12)11-22-8-4-6-16(22)15-5-3-7-18-15/h3,5,7,9-10,16,18H,4,6,8,11H2,1-2H3. The van der Waals surface area contributed by atoms with Gasteiger partial charge in [0.25, 0.3) is 0 Å². The van der Waals surface area contributed by atoms with Crippen molar-refractivity contribution in [1.29, 1.82) is 0 Å². The van der Waals surface area contributed by atoms with E-state index in [9.17, 15) is 0 Å². The first-order valence-electron chi connectivity index (χ1n) is 7.88. The van der Waals surface area contributed by atoms with Crippen molar-refractivity contribution in [3.63, 3.8) is 0 Å². The maximum atomic E-state index is 4.60.